The van der Waals surface area contributed by atoms with Gasteiger partial charge in [0.15, 0.2) is 0 Å². The minimum Gasteiger partial charge on any atom is -0.329 e. The van der Waals surface area contributed by atoms with Crippen molar-refractivity contribution >= 4 is 21.4 Å². The molecule has 1 unspecified atom stereocenters. The van der Waals surface area contributed by atoms with E-state index in [-0.39, 0.29) is 6.04 Å². The Hall–Kier alpha value is -0.940. The molecular weight excluding hydrogens is 242 g/mol. The maximum absolute atomic E-state index is 5.90. The summed E-state index contributed by atoms with van der Waals surface area (Å²) in [6.45, 7) is 2.62. The van der Waals surface area contributed by atoms with E-state index in [1.807, 2.05) is 0 Å². The first kappa shape index (κ1) is 13.5. The second-order valence-corrected chi connectivity index (χ2v) is 5.64. The molecule has 0 amide bonds. The van der Waals surface area contributed by atoms with Crippen LogP contribution < -0.4 is 11.1 Å². The number of nitrogens with one attached hydrogen (secondary N) is 1. The molecule has 0 aliphatic rings. The summed E-state index contributed by atoms with van der Waals surface area (Å²) >= 11 is 1.79. The van der Waals surface area contributed by atoms with E-state index in [2.05, 4.69) is 54.0 Å². The van der Waals surface area contributed by atoms with E-state index in [9.17, 15) is 0 Å². The summed E-state index contributed by atoms with van der Waals surface area (Å²) in [6, 6.07) is 8.76. The maximum Gasteiger partial charge on any atom is 0.0459 e. The minimum absolute atomic E-state index is 0.251. The van der Waals surface area contributed by atoms with Gasteiger partial charge in [-0.25, -0.2) is 0 Å². The third-order valence-corrected chi connectivity index (χ3v) is 4.05. The molecule has 1 aromatic heterocycles. The number of rotatable bonds is 6. The van der Waals surface area contributed by atoms with Crippen LogP contribution in [-0.2, 0) is 0 Å². The van der Waals surface area contributed by atoms with Crippen LogP contribution in [-0.4, -0.2) is 38.6 Å². The third-order valence-electron chi connectivity index (χ3n) is 3.07. The van der Waals surface area contributed by atoms with Crippen molar-refractivity contribution in [1.82, 2.24) is 10.2 Å². The molecule has 0 saturated carbocycles. The summed E-state index contributed by atoms with van der Waals surface area (Å²) < 4.78 is 1.33. The van der Waals surface area contributed by atoms with Crippen molar-refractivity contribution in [2.75, 3.05) is 33.7 Å². The lowest BCUT2D eigenvalue weighted by atomic mass is 10.1. The van der Waals surface area contributed by atoms with Gasteiger partial charge in [0.1, 0.15) is 0 Å². The van der Waals surface area contributed by atoms with Gasteiger partial charge < -0.3 is 16.0 Å². The zero-order chi connectivity index (χ0) is 13.0. The Balaban J connectivity index is 2.12. The fourth-order valence-corrected chi connectivity index (χ4v) is 3.07. The second kappa shape index (κ2) is 6.29. The molecule has 18 heavy (non-hydrogen) atoms. The highest BCUT2D eigenvalue weighted by atomic mass is 32.1. The fraction of sp³-hybridized carbons (Fsp3) is 0.429. The summed E-state index contributed by atoms with van der Waals surface area (Å²) in [5.74, 6) is 0. The minimum atomic E-state index is 0.251. The molecule has 0 aliphatic heterocycles. The van der Waals surface area contributed by atoms with E-state index >= 15 is 0 Å². The van der Waals surface area contributed by atoms with Gasteiger partial charge in [0.2, 0.25) is 0 Å². The van der Waals surface area contributed by atoms with E-state index in [1.54, 1.807) is 11.3 Å². The number of hydrogen-bond acceptors (Lipinski definition) is 4. The molecule has 1 atom stereocenters. The Bertz CT molecular complexity index is 492. The Morgan fingerprint density at radius 2 is 2.11 bits per heavy atom. The lowest BCUT2D eigenvalue weighted by molar-refractivity contribution is 0.386. The first-order valence-corrected chi connectivity index (χ1v) is 7.14. The number of nitrogens with two attached hydrogens (primary N) is 1. The molecule has 1 heterocycles. The molecule has 3 nitrogen and oxygen atoms in total. The summed E-state index contributed by atoms with van der Waals surface area (Å²) in [5.41, 5.74) is 7.23. The first-order valence-electron chi connectivity index (χ1n) is 6.26. The number of nitrogens with zero attached hydrogens (tertiary/aromatic N) is 1. The first-order chi connectivity index (χ1) is 8.72. The molecule has 0 spiro atoms. The summed E-state index contributed by atoms with van der Waals surface area (Å²) in [7, 11) is 4.16. The van der Waals surface area contributed by atoms with Crippen molar-refractivity contribution in [2.45, 2.75) is 6.04 Å². The topological polar surface area (TPSA) is 41.3 Å². The van der Waals surface area contributed by atoms with Crippen molar-refractivity contribution in [3.05, 3.63) is 35.2 Å². The predicted octanol–water partition coefficient (Wildman–Crippen LogP) is 2.05. The van der Waals surface area contributed by atoms with Gasteiger partial charge in [-0.2, -0.15) is 0 Å². The normalized spacial score (nSPS) is 13.3. The molecule has 1 aromatic carbocycles. The Labute approximate surface area is 113 Å². The van der Waals surface area contributed by atoms with Crippen molar-refractivity contribution in [1.29, 1.82) is 0 Å². The van der Waals surface area contributed by atoms with Gasteiger partial charge in [-0.1, -0.05) is 18.2 Å². The molecule has 0 saturated heterocycles. The molecule has 0 radical (unpaired) electrons. The van der Waals surface area contributed by atoms with Crippen LogP contribution in [0, 0.1) is 0 Å². The smallest absolute Gasteiger partial charge is 0.0459 e. The van der Waals surface area contributed by atoms with Crippen LogP contribution in [0.2, 0.25) is 0 Å². The fourth-order valence-electron chi connectivity index (χ4n) is 2.05. The van der Waals surface area contributed by atoms with Crippen molar-refractivity contribution < 1.29 is 0 Å². The number of fused-ring (bicyclic) bond motifs is 1. The van der Waals surface area contributed by atoms with Crippen molar-refractivity contribution in [3.8, 4) is 0 Å². The molecule has 2 rings (SSSR count). The quantitative estimate of drug-likeness (QED) is 0.838. The van der Waals surface area contributed by atoms with Crippen molar-refractivity contribution in [2.24, 2.45) is 5.73 Å². The van der Waals surface area contributed by atoms with E-state index < -0.39 is 0 Å². The van der Waals surface area contributed by atoms with E-state index in [0.29, 0.717) is 6.54 Å². The third kappa shape index (κ3) is 3.09. The number of hydrogen-bond donors (Lipinski definition) is 2. The average molecular weight is 263 g/mol. The zero-order valence-corrected chi connectivity index (χ0v) is 11.8. The summed E-state index contributed by atoms with van der Waals surface area (Å²) in [5, 5.41) is 7.09. The van der Waals surface area contributed by atoms with E-state index in [1.165, 1.54) is 15.6 Å². The molecule has 98 valence electrons. The van der Waals surface area contributed by atoms with Gasteiger partial charge in [0.25, 0.3) is 0 Å². The Morgan fingerprint density at radius 3 is 2.83 bits per heavy atom. The predicted molar refractivity (Wildman–Crippen MR) is 80.2 cm³/mol. The SMILES string of the molecule is CN(C)CCNC(CN)c1csc2ccccc12. The molecule has 4 heteroatoms. The van der Waals surface area contributed by atoms with Gasteiger partial charge >= 0.3 is 0 Å². The lowest BCUT2D eigenvalue weighted by Crippen LogP contribution is -2.33. The molecular formula is C14H21N3S. The number of benzene rings is 1. The van der Waals surface area contributed by atoms with Crippen LogP contribution in [0.25, 0.3) is 10.1 Å². The maximum atomic E-state index is 5.90. The standard InChI is InChI=1S/C14H21N3S/c1-17(2)8-7-16-13(9-15)12-10-18-14-6-4-3-5-11(12)14/h3-6,10,13,16H,7-9,15H2,1-2H3. The highest BCUT2D eigenvalue weighted by molar-refractivity contribution is 7.17. The van der Waals surface area contributed by atoms with Crippen LogP contribution in [0.4, 0.5) is 0 Å². The van der Waals surface area contributed by atoms with E-state index in [4.69, 9.17) is 5.73 Å². The van der Waals surface area contributed by atoms with E-state index in [0.717, 1.165) is 13.1 Å². The highest BCUT2D eigenvalue weighted by Gasteiger charge is 2.13. The Kier molecular flexibility index (Phi) is 4.72. The molecule has 3 N–H and O–H groups in total. The van der Waals surface area contributed by atoms with Crippen LogP contribution in [0.5, 0.6) is 0 Å². The highest BCUT2D eigenvalue weighted by Crippen LogP contribution is 2.29. The van der Waals surface area contributed by atoms with Crippen LogP contribution >= 0.6 is 11.3 Å². The average Bonchev–Trinajstić information content (AvgIpc) is 2.78. The van der Waals surface area contributed by atoms with Crippen LogP contribution in [0.1, 0.15) is 11.6 Å². The van der Waals surface area contributed by atoms with Gasteiger partial charge in [0.05, 0.1) is 0 Å². The number of thiophene rings is 1. The van der Waals surface area contributed by atoms with Crippen molar-refractivity contribution in [3.63, 3.8) is 0 Å². The Morgan fingerprint density at radius 1 is 1.33 bits per heavy atom. The number of likely N-dealkylation sites (N-methyl/N-ethyl adjacent to an activating group) is 1. The van der Waals surface area contributed by atoms with Crippen LogP contribution in [0.3, 0.4) is 0 Å². The monoisotopic (exact) mass is 263 g/mol. The van der Waals surface area contributed by atoms with Gasteiger partial charge in [0, 0.05) is 30.4 Å². The molecule has 2 aromatic rings. The van der Waals surface area contributed by atoms with Crippen LogP contribution in [0.15, 0.2) is 29.6 Å². The lowest BCUT2D eigenvalue weighted by Gasteiger charge is -2.18. The molecule has 0 bridgehead atoms. The largest absolute Gasteiger partial charge is 0.329 e. The van der Waals surface area contributed by atoms with Gasteiger partial charge in [-0.05, 0) is 36.5 Å². The second-order valence-electron chi connectivity index (χ2n) is 4.73. The van der Waals surface area contributed by atoms with Gasteiger partial charge in [-0.3, -0.25) is 0 Å². The zero-order valence-electron chi connectivity index (χ0n) is 11.0. The van der Waals surface area contributed by atoms with Gasteiger partial charge in [-0.15, -0.1) is 11.3 Å². The molecule has 0 aliphatic carbocycles. The summed E-state index contributed by atoms with van der Waals surface area (Å²) in [4.78, 5) is 2.17. The summed E-state index contributed by atoms with van der Waals surface area (Å²) in [6.07, 6.45) is 0. The molecule has 0 fully saturated rings.